The van der Waals surface area contributed by atoms with E-state index in [4.69, 9.17) is 16.7 Å². The molecule has 0 radical (unpaired) electrons. The van der Waals surface area contributed by atoms with Crippen LogP contribution in [0.1, 0.15) is 6.42 Å². The molecule has 1 rings (SSSR count). The second kappa shape index (κ2) is 9.08. The summed E-state index contributed by atoms with van der Waals surface area (Å²) in [6, 6.07) is 6.77. The van der Waals surface area contributed by atoms with Crippen LogP contribution in [0.3, 0.4) is 0 Å². The first-order valence-corrected chi connectivity index (χ1v) is 7.24. The number of anilines is 1. The molecule has 0 atom stereocenters. The SMILES string of the molecule is O=C(NCCSCCCO)Nc1cccc(Cl)c1. The highest BCUT2D eigenvalue weighted by atomic mass is 35.5. The van der Waals surface area contributed by atoms with Gasteiger partial charge in [-0.3, -0.25) is 0 Å². The third-order valence-electron chi connectivity index (χ3n) is 2.06. The largest absolute Gasteiger partial charge is 0.396 e. The predicted octanol–water partition coefficient (Wildman–Crippen LogP) is 2.58. The van der Waals surface area contributed by atoms with Crippen molar-refractivity contribution in [2.75, 3.05) is 30.0 Å². The highest BCUT2D eigenvalue weighted by Gasteiger charge is 2.01. The van der Waals surface area contributed by atoms with Crippen molar-refractivity contribution >= 4 is 35.1 Å². The monoisotopic (exact) mass is 288 g/mol. The maximum absolute atomic E-state index is 11.5. The Labute approximate surface area is 116 Å². The molecule has 0 saturated carbocycles. The summed E-state index contributed by atoms with van der Waals surface area (Å²) in [7, 11) is 0. The fraction of sp³-hybridized carbons (Fsp3) is 0.417. The van der Waals surface area contributed by atoms with E-state index in [0.717, 1.165) is 17.9 Å². The van der Waals surface area contributed by atoms with Crippen LogP contribution in [0.15, 0.2) is 24.3 Å². The number of halogens is 1. The van der Waals surface area contributed by atoms with Crippen LogP contribution in [0.4, 0.5) is 10.5 Å². The molecule has 0 spiro atoms. The average Bonchev–Trinajstić information content (AvgIpc) is 2.33. The molecule has 0 bridgehead atoms. The van der Waals surface area contributed by atoms with Crippen LogP contribution in [-0.2, 0) is 0 Å². The van der Waals surface area contributed by atoms with Gasteiger partial charge in [0.25, 0.3) is 0 Å². The van der Waals surface area contributed by atoms with Crippen molar-refractivity contribution in [3.63, 3.8) is 0 Å². The van der Waals surface area contributed by atoms with E-state index in [-0.39, 0.29) is 12.6 Å². The highest BCUT2D eigenvalue weighted by molar-refractivity contribution is 7.99. The van der Waals surface area contributed by atoms with Gasteiger partial charge in [-0.25, -0.2) is 4.79 Å². The van der Waals surface area contributed by atoms with E-state index in [0.29, 0.717) is 17.3 Å². The van der Waals surface area contributed by atoms with Crippen molar-refractivity contribution < 1.29 is 9.90 Å². The number of aliphatic hydroxyl groups excluding tert-OH is 1. The van der Waals surface area contributed by atoms with E-state index in [1.54, 1.807) is 36.0 Å². The van der Waals surface area contributed by atoms with Gasteiger partial charge < -0.3 is 15.7 Å². The topological polar surface area (TPSA) is 61.4 Å². The Morgan fingerprint density at radius 2 is 2.22 bits per heavy atom. The maximum Gasteiger partial charge on any atom is 0.319 e. The van der Waals surface area contributed by atoms with Gasteiger partial charge in [0.1, 0.15) is 0 Å². The molecule has 0 aromatic heterocycles. The number of hydrogen-bond donors (Lipinski definition) is 3. The summed E-state index contributed by atoms with van der Waals surface area (Å²) in [6.07, 6.45) is 0.791. The van der Waals surface area contributed by atoms with Crippen LogP contribution in [0.25, 0.3) is 0 Å². The molecule has 4 nitrogen and oxygen atoms in total. The summed E-state index contributed by atoms with van der Waals surface area (Å²) in [6.45, 7) is 0.818. The van der Waals surface area contributed by atoms with E-state index in [9.17, 15) is 4.79 Å². The minimum Gasteiger partial charge on any atom is -0.396 e. The van der Waals surface area contributed by atoms with Gasteiger partial charge in [0.05, 0.1) is 0 Å². The molecule has 6 heteroatoms. The van der Waals surface area contributed by atoms with E-state index < -0.39 is 0 Å². The number of urea groups is 1. The zero-order valence-electron chi connectivity index (χ0n) is 9.99. The molecule has 0 heterocycles. The number of thioether (sulfide) groups is 1. The lowest BCUT2D eigenvalue weighted by atomic mass is 10.3. The zero-order chi connectivity index (χ0) is 13.2. The molecule has 0 fully saturated rings. The molecular formula is C12H17ClN2O2S. The first-order chi connectivity index (χ1) is 8.72. The molecular weight excluding hydrogens is 272 g/mol. The molecule has 1 aromatic rings. The summed E-state index contributed by atoms with van der Waals surface area (Å²) in [5.41, 5.74) is 0.674. The van der Waals surface area contributed by atoms with Gasteiger partial charge >= 0.3 is 6.03 Å². The predicted molar refractivity (Wildman–Crippen MR) is 77.5 cm³/mol. The number of hydrogen-bond acceptors (Lipinski definition) is 3. The van der Waals surface area contributed by atoms with Crippen molar-refractivity contribution in [1.29, 1.82) is 0 Å². The summed E-state index contributed by atoms with van der Waals surface area (Å²) < 4.78 is 0. The first kappa shape index (κ1) is 15.1. The number of carbonyl (C=O) groups excluding carboxylic acids is 1. The molecule has 0 aliphatic rings. The Bertz CT molecular complexity index is 377. The summed E-state index contributed by atoms with van der Waals surface area (Å²) in [5, 5.41) is 14.6. The molecule has 18 heavy (non-hydrogen) atoms. The van der Waals surface area contributed by atoms with Gasteiger partial charge in [-0.05, 0) is 30.4 Å². The molecule has 0 aliphatic carbocycles. The minimum absolute atomic E-state index is 0.218. The zero-order valence-corrected chi connectivity index (χ0v) is 11.6. The van der Waals surface area contributed by atoms with Crippen LogP contribution in [0.2, 0.25) is 5.02 Å². The van der Waals surface area contributed by atoms with Crippen molar-refractivity contribution in [1.82, 2.24) is 5.32 Å². The standard InChI is InChI=1S/C12H17ClN2O2S/c13-10-3-1-4-11(9-10)15-12(17)14-5-8-18-7-2-6-16/h1,3-4,9,16H,2,5-8H2,(H2,14,15,17). The van der Waals surface area contributed by atoms with Gasteiger partial charge in [-0.15, -0.1) is 0 Å². The number of carbonyl (C=O) groups is 1. The maximum atomic E-state index is 11.5. The fourth-order valence-electron chi connectivity index (χ4n) is 1.25. The normalized spacial score (nSPS) is 10.1. The average molecular weight is 289 g/mol. The third-order valence-corrected chi connectivity index (χ3v) is 3.37. The first-order valence-electron chi connectivity index (χ1n) is 5.71. The Hall–Kier alpha value is -0.910. The number of rotatable bonds is 7. The Morgan fingerprint density at radius 3 is 2.94 bits per heavy atom. The Kier molecular flexibility index (Phi) is 7.64. The lowest BCUT2D eigenvalue weighted by Crippen LogP contribution is -2.30. The second-order valence-corrected chi connectivity index (χ2v) is 5.24. The van der Waals surface area contributed by atoms with Crippen molar-refractivity contribution in [3.05, 3.63) is 29.3 Å². The van der Waals surface area contributed by atoms with Crippen LogP contribution in [0, 0.1) is 0 Å². The van der Waals surface area contributed by atoms with E-state index >= 15 is 0 Å². The summed E-state index contributed by atoms with van der Waals surface area (Å²) in [5.74, 6) is 1.75. The van der Waals surface area contributed by atoms with E-state index in [1.165, 1.54) is 0 Å². The quantitative estimate of drug-likeness (QED) is 0.676. The molecule has 0 unspecified atom stereocenters. The minimum atomic E-state index is -0.236. The Balaban J connectivity index is 2.14. The van der Waals surface area contributed by atoms with Crippen molar-refractivity contribution in [2.24, 2.45) is 0 Å². The van der Waals surface area contributed by atoms with E-state index in [2.05, 4.69) is 10.6 Å². The third kappa shape index (κ3) is 6.74. The number of benzene rings is 1. The van der Waals surface area contributed by atoms with E-state index in [1.807, 2.05) is 0 Å². The van der Waals surface area contributed by atoms with Crippen LogP contribution in [-0.4, -0.2) is 35.8 Å². The number of aliphatic hydroxyl groups is 1. The van der Waals surface area contributed by atoms with Gasteiger partial charge in [-0.2, -0.15) is 11.8 Å². The van der Waals surface area contributed by atoms with Crippen molar-refractivity contribution in [2.45, 2.75) is 6.42 Å². The van der Waals surface area contributed by atoms with Gasteiger partial charge in [0, 0.05) is 29.6 Å². The number of nitrogens with one attached hydrogen (secondary N) is 2. The van der Waals surface area contributed by atoms with Crippen molar-refractivity contribution in [3.8, 4) is 0 Å². The van der Waals surface area contributed by atoms with Crippen LogP contribution in [0.5, 0.6) is 0 Å². The molecule has 0 saturated heterocycles. The summed E-state index contributed by atoms with van der Waals surface area (Å²) in [4.78, 5) is 11.5. The van der Waals surface area contributed by atoms with Crippen LogP contribution < -0.4 is 10.6 Å². The highest BCUT2D eigenvalue weighted by Crippen LogP contribution is 2.14. The lowest BCUT2D eigenvalue weighted by Gasteiger charge is -2.07. The Morgan fingerprint density at radius 1 is 1.39 bits per heavy atom. The second-order valence-electron chi connectivity index (χ2n) is 3.58. The van der Waals surface area contributed by atoms with Gasteiger partial charge in [0.15, 0.2) is 0 Å². The molecule has 2 amide bonds. The fourth-order valence-corrected chi connectivity index (χ4v) is 2.22. The van der Waals surface area contributed by atoms with Crippen LogP contribution >= 0.6 is 23.4 Å². The smallest absolute Gasteiger partial charge is 0.319 e. The molecule has 100 valence electrons. The van der Waals surface area contributed by atoms with Gasteiger partial charge in [-0.1, -0.05) is 17.7 Å². The molecule has 1 aromatic carbocycles. The molecule has 0 aliphatic heterocycles. The van der Waals surface area contributed by atoms with Gasteiger partial charge in [0.2, 0.25) is 0 Å². The number of amides is 2. The molecule has 3 N–H and O–H groups in total. The summed E-state index contributed by atoms with van der Waals surface area (Å²) >= 11 is 7.51. The lowest BCUT2D eigenvalue weighted by molar-refractivity contribution is 0.252.